The fraction of sp³-hybridized carbons (Fsp3) is 0.167. The molecule has 0 radical (unpaired) electrons. The number of amides is 1. The van der Waals surface area contributed by atoms with Crippen molar-refractivity contribution in [1.29, 1.82) is 5.26 Å². The highest BCUT2D eigenvalue weighted by Gasteiger charge is 2.18. The first kappa shape index (κ1) is 17.7. The molecule has 0 aliphatic rings. The van der Waals surface area contributed by atoms with Crippen molar-refractivity contribution < 1.29 is 14.3 Å². The van der Waals surface area contributed by atoms with Crippen molar-refractivity contribution in [3.63, 3.8) is 0 Å². The predicted molar refractivity (Wildman–Crippen MR) is 93.2 cm³/mol. The first-order chi connectivity index (χ1) is 11.5. The van der Waals surface area contributed by atoms with Gasteiger partial charge in [-0.1, -0.05) is 34.1 Å². The van der Waals surface area contributed by atoms with Crippen LogP contribution in [-0.2, 0) is 20.7 Å². The normalized spacial score (nSPS) is 11.2. The third kappa shape index (κ3) is 5.21. The number of carbonyl (C=O) groups is 2. The predicted octanol–water partition coefficient (Wildman–Crippen LogP) is 3.43. The van der Waals surface area contributed by atoms with Crippen molar-refractivity contribution >= 4 is 33.5 Å². The zero-order valence-corrected chi connectivity index (χ0v) is 14.5. The molecule has 2 rings (SSSR count). The molecule has 0 aromatic heterocycles. The molecular formula is C18H15BrN2O3. The minimum atomic E-state index is -0.932. The lowest BCUT2D eigenvalue weighted by Crippen LogP contribution is -2.30. The molecule has 24 heavy (non-hydrogen) atoms. The van der Waals surface area contributed by atoms with Crippen LogP contribution in [0.15, 0.2) is 53.0 Å². The van der Waals surface area contributed by atoms with Crippen molar-refractivity contribution in [2.75, 3.05) is 5.32 Å². The second-order valence-corrected chi connectivity index (χ2v) is 6.03. The summed E-state index contributed by atoms with van der Waals surface area (Å²) >= 11 is 3.32. The van der Waals surface area contributed by atoms with E-state index in [-0.39, 0.29) is 6.42 Å². The lowest BCUT2D eigenvalue weighted by molar-refractivity contribution is -0.152. The van der Waals surface area contributed by atoms with Crippen LogP contribution in [0.25, 0.3) is 0 Å². The van der Waals surface area contributed by atoms with E-state index in [2.05, 4.69) is 21.2 Å². The average Bonchev–Trinajstić information content (AvgIpc) is 2.57. The van der Waals surface area contributed by atoms with Crippen LogP contribution in [0, 0.1) is 11.3 Å². The Hall–Kier alpha value is -2.65. The maximum absolute atomic E-state index is 12.1. The Bertz CT molecular complexity index is 782. The van der Waals surface area contributed by atoms with Gasteiger partial charge in [0.05, 0.1) is 18.1 Å². The zero-order chi connectivity index (χ0) is 17.5. The molecule has 0 heterocycles. The number of hydrogen-bond donors (Lipinski definition) is 1. The maximum Gasteiger partial charge on any atom is 0.311 e. The topological polar surface area (TPSA) is 79.2 Å². The minimum Gasteiger partial charge on any atom is -0.452 e. The SMILES string of the molecule is C[C@@H](OC(=O)Cc1ccc(Br)cc1)C(=O)Nc1cccc(C#N)c1. The van der Waals surface area contributed by atoms with Crippen LogP contribution < -0.4 is 5.32 Å². The van der Waals surface area contributed by atoms with Crippen LogP contribution in [0.2, 0.25) is 0 Å². The second-order valence-electron chi connectivity index (χ2n) is 5.12. The Balaban J connectivity index is 1.89. The van der Waals surface area contributed by atoms with Gasteiger partial charge in [0.2, 0.25) is 0 Å². The number of nitrogens with zero attached hydrogens (tertiary/aromatic N) is 1. The van der Waals surface area contributed by atoms with Gasteiger partial charge in [-0.05, 0) is 42.8 Å². The number of benzene rings is 2. The molecule has 0 saturated heterocycles. The molecule has 1 atom stereocenters. The number of nitriles is 1. The average molecular weight is 387 g/mol. The molecule has 122 valence electrons. The zero-order valence-electron chi connectivity index (χ0n) is 13.0. The number of esters is 1. The number of rotatable bonds is 5. The van der Waals surface area contributed by atoms with Gasteiger partial charge in [0.1, 0.15) is 0 Å². The summed E-state index contributed by atoms with van der Waals surface area (Å²) in [6.45, 7) is 1.50. The van der Waals surface area contributed by atoms with E-state index >= 15 is 0 Å². The highest BCUT2D eigenvalue weighted by atomic mass is 79.9. The summed E-state index contributed by atoms with van der Waals surface area (Å²) in [5.74, 6) is -0.931. The summed E-state index contributed by atoms with van der Waals surface area (Å²) in [5, 5.41) is 11.5. The van der Waals surface area contributed by atoms with Gasteiger partial charge in [-0.25, -0.2) is 0 Å². The van der Waals surface area contributed by atoms with E-state index in [1.54, 1.807) is 24.3 Å². The Kier molecular flexibility index (Phi) is 6.10. The molecule has 1 amide bonds. The van der Waals surface area contributed by atoms with E-state index in [9.17, 15) is 9.59 Å². The maximum atomic E-state index is 12.1. The van der Waals surface area contributed by atoms with Gasteiger partial charge in [0.15, 0.2) is 6.10 Å². The Morgan fingerprint density at radius 3 is 2.62 bits per heavy atom. The second kappa shape index (κ2) is 8.27. The molecule has 0 aliphatic heterocycles. The number of hydrogen-bond acceptors (Lipinski definition) is 4. The number of anilines is 1. The van der Waals surface area contributed by atoms with Crippen LogP contribution >= 0.6 is 15.9 Å². The van der Waals surface area contributed by atoms with Gasteiger partial charge in [0.25, 0.3) is 5.91 Å². The molecule has 2 aromatic carbocycles. The van der Waals surface area contributed by atoms with E-state index in [1.165, 1.54) is 6.92 Å². The van der Waals surface area contributed by atoms with E-state index in [1.807, 2.05) is 30.3 Å². The molecule has 0 bridgehead atoms. The van der Waals surface area contributed by atoms with Crippen molar-refractivity contribution in [2.45, 2.75) is 19.4 Å². The molecule has 6 heteroatoms. The number of carbonyl (C=O) groups excluding carboxylic acids is 2. The van der Waals surface area contributed by atoms with Crippen LogP contribution in [-0.4, -0.2) is 18.0 Å². The van der Waals surface area contributed by atoms with Gasteiger partial charge in [-0.2, -0.15) is 5.26 Å². The first-order valence-corrected chi connectivity index (χ1v) is 8.02. The summed E-state index contributed by atoms with van der Waals surface area (Å²) in [4.78, 5) is 24.0. The fourth-order valence-electron chi connectivity index (χ4n) is 1.97. The quantitative estimate of drug-likeness (QED) is 0.798. The lowest BCUT2D eigenvalue weighted by atomic mass is 10.1. The molecule has 0 fully saturated rings. The highest BCUT2D eigenvalue weighted by Crippen LogP contribution is 2.13. The van der Waals surface area contributed by atoms with Crippen LogP contribution in [0.5, 0.6) is 0 Å². The lowest BCUT2D eigenvalue weighted by Gasteiger charge is -2.13. The largest absolute Gasteiger partial charge is 0.452 e. The standard InChI is InChI=1S/C18H15BrN2O3/c1-12(18(23)21-16-4-2-3-14(9-16)11-20)24-17(22)10-13-5-7-15(19)8-6-13/h2-9,12H,10H2,1H3,(H,21,23)/t12-/m1/s1. The molecule has 5 nitrogen and oxygen atoms in total. The first-order valence-electron chi connectivity index (χ1n) is 7.23. The molecule has 2 aromatic rings. The van der Waals surface area contributed by atoms with Crippen molar-refractivity contribution in [1.82, 2.24) is 0 Å². The van der Waals surface area contributed by atoms with Crippen LogP contribution in [0.3, 0.4) is 0 Å². The number of ether oxygens (including phenoxy) is 1. The van der Waals surface area contributed by atoms with Crippen LogP contribution in [0.1, 0.15) is 18.1 Å². The summed E-state index contributed by atoms with van der Waals surface area (Å²) in [7, 11) is 0. The molecule has 0 saturated carbocycles. The third-order valence-electron chi connectivity index (χ3n) is 3.20. The number of nitrogens with one attached hydrogen (secondary N) is 1. The fourth-order valence-corrected chi connectivity index (χ4v) is 2.24. The van der Waals surface area contributed by atoms with Crippen LogP contribution in [0.4, 0.5) is 5.69 Å². The summed E-state index contributed by atoms with van der Waals surface area (Å²) < 4.78 is 6.07. The summed E-state index contributed by atoms with van der Waals surface area (Å²) in [6.07, 6.45) is -0.840. The molecule has 1 N–H and O–H groups in total. The van der Waals surface area contributed by atoms with Crippen molar-refractivity contribution in [2.24, 2.45) is 0 Å². The molecule has 0 unspecified atom stereocenters. The van der Waals surface area contributed by atoms with Crippen molar-refractivity contribution in [3.05, 3.63) is 64.1 Å². The molecular weight excluding hydrogens is 372 g/mol. The Morgan fingerprint density at radius 1 is 1.25 bits per heavy atom. The van der Waals surface area contributed by atoms with E-state index < -0.39 is 18.0 Å². The third-order valence-corrected chi connectivity index (χ3v) is 3.73. The minimum absolute atomic E-state index is 0.0921. The van der Waals surface area contributed by atoms with Gasteiger partial charge in [0, 0.05) is 10.2 Å². The van der Waals surface area contributed by atoms with Gasteiger partial charge >= 0.3 is 5.97 Å². The monoisotopic (exact) mass is 386 g/mol. The summed E-state index contributed by atoms with van der Waals surface area (Å²) in [5.41, 5.74) is 1.72. The van der Waals surface area contributed by atoms with Gasteiger partial charge < -0.3 is 10.1 Å². The van der Waals surface area contributed by atoms with Gasteiger partial charge in [-0.3, -0.25) is 9.59 Å². The van der Waals surface area contributed by atoms with E-state index in [0.717, 1.165) is 10.0 Å². The molecule has 0 aliphatic carbocycles. The highest BCUT2D eigenvalue weighted by molar-refractivity contribution is 9.10. The number of halogens is 1. The Labute approximate surface area is 148 Å². The van der Waals surface area contributed by atoms with Crippen molar-refractivity contribution in [3.8, 4) is 6.07 Å². The summed E-state index contributed by atoms with van der Waals surface area (Å²) in [6, 6.07) is 15.8. The Morgan fingerprint density at radius 2 is 1.96 bits per heavy atom. The van der Waals surface area contributed by atoms with E-state index in [0.29, 0.717) is 11.3 Å². The smallest absolute Gasteiger partial charge is 0.311 e. The van der Waals surface area contributed by atoms with E-state index in [4.69, 9.17) is 10.00 Å². The van der Waals surface area contributed by atoms with Gasteiger partial charge in [-0.15, -0.1) is 0 Å². The molecule has 0 spiro atoms.